The molecule has 1 fully saturated rings. The molecule has 0 N–H and O–H groups in total. The van der Waals surface area contributed by atoms with Gasteiger partial charge in [-0.1, -0.05) is 12.1 Å². The van der Waals surface area contributed by atoms with E-state index in [0.717, 1.165) is 30.5 Å². The number of hydrogen-bond donors (Lipinski definition) is 0. The zero-order chi connectivity index (χ0) is 19.7. The summed E-state index contributed by atoms with van der Waals surface area (Å²) in [6.07, 6.45) is 0.762. The molecule has 1 aromatic carbocycles. The maximum absolute atomic E-state index is 12.9. The van der Waals surface area contributed by atoms with Crippen molar-refractivity contribution in [3.8, 4) is 11.3 Å². The molecule has 1 aliphatic rings. The Labute approximate surface area is 159 Å². The number of carbonyl (C=O) groups is 1. The van der Waals surface area contributed by atoms with Gasteiger partial charge in [-0.3, -0.25) is 9.78 Å². The summed E-state index contributed by atoms with van der Waals surface area (Å²) in [7, 11) is 0. The van der Waals surface area contributed by atoms with Crippen molar-refractivity contribution >= 4 is 5.91 Å². The Morgan fingerprint density at radius 3 is 2.54 bits per heavy atom. The van der Waals surface area contributed by atoms with Gasteiger partial charge < -0.3 is 9.32 Å². The van der Waals surface area contributed by atoms with Crippen molar-refractivity contribution in [2.45, 2.75) is 31.6 Å². The van der Waals surface area contributed by atoms with E-state index < -0.39 is 11.7 Å². The molecular weight excluding hydrogens is 369 g/mol. The maximum Gasteiger partial charge on any atom is 0.416 e. The Bertz CT molecular complexity index is 979. The molecule has 0 unspecified atom stereocenters. The Hall–Kier alpha value is -3.09. The van der Waals surface area contributed by atoms with Crippen LogP contribution in [-0.2, 0) is 12.7 Å². The summed E-state index contributed by atoms with van der Waals surface area (Å²) in [5.74, 6) is 0.0833. The molecule has 1 saturated carbocycles. The van der Waals surface area contributed by atoms with E-state index in [4.69, 9.17) is 4.42 Å². The normalized spacial score (nSPS) is 14.1. The van der Waals surface area contributed by atoms with E-state index in [9.17, 15) is 18.0 Å². The highest BCUT2D eigenvalue weighted by Gasteiger charge is 2.34. The Kier molecular flexibility index (Phi) is 4.66. The summed E-state index contributed by atoms with van der Waals surface area (Å²) in [6.45, 7) is 0.436. The average Bonchev–Trinajstić information content (AvgIpc) is 3.41. The summed E-state index contributed by atoms with van der Waals surface area (Å²) in [5.41, 5.74) is 0.479. The second-order valence-corrected chi connectivity index (χ2v) is 6.76. The number of nitrogens with zero attached hydrogens (tertiary/aromatic N) is 2. The highest BCUT2D eigenvalue weighted by Crippen LogP contribution is 2.34. The molecule has 0 aliphatic heterocycles. The van der Waals surface area contributed by atoms with E-state index in [1.807, 2.05) is 12.1 Å². The topological polar surface area (TPSA) is 46.3 Å². The second-order valence-electron chi connectivity index (χ2n) is 6.76. The fourth-order valence-corrected chi connectivity index (χ4v) is 3.04. The fourth-order valence-electron chi connectivity index (χ4n) is 3.04. The van der Waals surface area contributed by atoms with Gasteiger partial charge in [0.25, 0.3) is 5.91 Å². The molecule has 0 atom stereocenters. The van der Waals surface area contributed by atoms with Crippen LogP contribution in [0.25, 0.3) is 11.3 Å². The Morgan fingerprint density at radius 2 is 1.86 bits per heavy atom. The smallest absolute Gasteiger partial charge is 0.416 e. The van der Waals surface area contributed by atoms with Crippen LogP contribution in [0.4, 0.5) is 13.2 Å². The standard InChI is InChI=1S/C21H17F3N2O2/c22-21(23,24)16-3-1-2-15(12-16)18-6-7-19(28-18)20(27)26(17-4-5-17)13-14-8-10-25-11-9-14/h1-3,6-12,17H,4-5,13H2. The number of alkyl halides is 3. The van der Waals surface area contributed by atoms with E-state index in [-0.39, 0.29) is 29.0 Å². The summed E-state index contributed by atoms with van der Waals surface area (Å²) < 4.78 is 44.4. The molecule has 3 aromatic rings. The van der Waals surface area contributed by atoms with Gasteiger partial charge in [-0.2, -0.15) is 13.2 Å². The van der Waals surface area contributed by atoms with E-state index in [1.54, 1.807) is 17.3 Å². The number of aromatic nitrogens is 1. The van der Waals surface area contributed by atoms with Crippen LogP contribution < -0.4 is 0 Å². The van der Waals surface area contributed by atoms with E-state index in [1.165, 1.54) is 24.3 Å². The first kappa shape index (κ1) is 18.3. The van der Waals surface area contributed by atoms with E-state index in [2.05, 4.69) is 4.98 Å². The van der Waals surface area contributed by atoms with Gasteiger partial charge in [0.1, 0.15) is 5.76 Å². The van der Waals surface area contributed by atoms with E-state index in [0.29, 0.717) is 6.54 Å². The van der Waals surface area contributed by atoms with Crippen LogP contribution in [0.5, 0.6) is 0 Å². The number of benzene rings is 1. The van der Waals surface area contributed by atoms with Gasteiger partial charge in [0, 0.05) is 30.5 Å². The van der Waals surface area contributed by atoms with Crippen LogP contribution in [0.3, 0.4) is 0 Å². The average molecular weight is 386 g/mol. The van der Waals surface area contributed by atoms with Crippen molar-refractivity contribution < 1.29 is 22.4 Å². The lowest BCUT2D eigenvalue weighted by atomic mass is 10.1. The first-order chi connectivity index (χ1) is 13.4. The number of hydrogen-bond acceptors (Lipinski definition) is 3. The summed E-state index contributed by atoms with van der Waals surface area (Å²) >= 11 is 0. The molecule has 1 amide bonds. The summed E-state index contributed by atoms with van der Waals surface area (Å²) in [5, 5.41) is 0. The number of halogens is 3. The molecule has 2 heterocycles. The van der Waals surface area contributed by atoms with Crippen LogP contribution >= 0.6 is 0 Å². The molecule has 2 aromatic heterocycles. The SMILES string of the molecule is O=C(c1ccc(-c2cccc(C(F)(F)F)c2)o1)N(Cc1ccncc1)C1CC1. The first-order valence-corrected chi connectivity index (χ1v) is 8.89. The van der Waals surface area contributed by atoms with Gasteiger partial charge in [-0.25, -0.2) is 0 Å². The quantitative estimate of drug-likeness (QED) is 0.608. The zero-order valence-corrected chi connectivity index (χ0v) is 14.8. The molecule has 7 heteroatoms. The molecular formula is C21H17F3N2O2. The third kappa shape index (κ3) is 3.93. The van der Waals surface area contributed by atoms with Gasteiger partial charge >= 0.3 is 6.18 Å². The molecule has 4 nitrogen and oxygen atoms in total. The highest BCUT2D eigenvalue weighted by molar-refractivity contribution is 5.92. The van der Waals surface area contributed by atoms with Crippen LogP contribution in [0.2, 0.25) is 0 Å². The van der Waals surface area contributed by atoms with Crippen LogP contribution in [0.1, 0.15) is 34.5 Å². The van der Waals surface area contributed by atoms with Gasteiger partial charge in [-0.05, 0) is 54.8 Å². The van der Waals surface area contributed by atoms with Gasteiger partial charge in [-0.15, -0.1) is 0 Å². The largest absolute Gasteiger partial charge is 0.451 e. The third-order valence-electron chi connectivity index (χ3n) is 4.64. The number of amides is 1. The lowest BCUT2D eigenvalue weighted by Gasteiger charge is -2.21. The van der Waals surface area contributed by atoms with E-state index >= 15 is 0 Å². The molecule has 4 rings (SSSR count). The minimum absolute atomic E-state index is 0.119. The lowest BCUT2D eigenvalue weighted by molar-refractivity contribution is -0.137. The van der Waals surface area contributed by atoms with Crippen molar-refractivity contribution in [3.63, 3.8) is 0 Å². The van der Waals surface area contributed by atoms with Crippen LogP contribution in [0.15, 0.2) is 65.3 Å². The van der Waals surface area contributed by atoms with Crippen LogP contribution in [-0.4, -0.2) is 21.8 Å². The van der Waals surface area contributed by atoms with Gasteiger partial charge in [0.2, 0.25) is 0 Å². The summed E-state index contributed by atoms with van der Waals surface area (Å²) in [4.78, 5) is 18.7. The predicted molar refractivity (Wildman–Crippen MR) is 96.3 cm³/mol. The summed E-state index contributed by atoms with van der Waals surface area (Å²) in [6, 6.07) is 11.8. The molecule has 0 bridgehead atoms. The minimum Gasteiger partial charge on any atom is -0.451 e. The van der Waals surface area contributed by atoms with Crippen LogP contribution in [0, 0.1) is 0 Å². The third-order valence-corrected chi connectivity index (χ3v) is 4.64. The van der Waals surface area contributed by atoms with Gasteiger partial charge in [0.05, 0.1) is 5.56 Å². The number of pyridine rings is 1. The molecule has 0 saturated heterocycles. The van der Waals surface area contributed by atoms with Crippen molar-refractivity contribution in [1.82, 2.24) is 9.88 Å². The lowest BCUT2D eigenvalue weighted by Crippen LogP contribution is -2.32. The van der Waals surface area contributed by atoms with Crippen molar-refractivity contribution in [2.75, 3.05) is 0 Å². The predicted octanol–water partition coefficient (Wildman–Crippen LogP) is 5.17. The molecule has 0 radical (unpaired) electrons. The maximum atomic E-state index is 12.9. The first-order valence-electron chi connectivity index (χ1n) is 8.89. The number of furan rings is 1. The second kappa shape index (κ2) is 7.14. The van der Waals surface area contributed by atoms with Crippen molar-refractivity contribution in [1.29, 1.82) is 0 Å². The fraction of sp³-hybridized carbons (Fsp3) is 0.238. The molecule has 144 valence electrons. The molecule has 1 aliphatic carbocycles. The van der Waals surface area contributed by atoms with Crippen molar-refractivity contribution in [2.24, 2.45) is 0 Å². The molecule has 0 spiro atoms. The molecule has 28 heavy (non-hydrogen) atoms. The number of rotatable bonds is 5. The zero-order valence-electron chi connectivity index (χ0n) is 14.8. The van der Waals surface area contributed by atoms with Crippen molar-refractivity contribution in [3.05, 3.63) is 77.8 Å². The minimum atomic E-state index is -4.44. The Morgan fingerprint density at radius 1 is 1.11 bits per heavy atom. The van der Waals surface area contributed by atoms with Gasteiger partial charge in [0.15, 0.2) is 5.76 Å². The monoisotopic (exact) mass is 386 g/mol. The Balaban J connectivity index is 1.57. The highest BCUT2D eigenvalue weighted by atomic mass is 19.4. The number of carbonyl (C=O) groups excluding carboxylic acids is 1.